The number of benzene rings is 2. The molecule has 0 aromatic heterocycles. The van der Waals surface area contributed by atoms with Crippen LogP contribution in [0.5, 0.6) is 5.75 Å². The summed E-state index contributed by atoms with van der Waals surface area (Å²) >= 11 is 0. The molecule has 0 radical (unpaired) electrons. The lowest BCUT2D eigenvalue weighted by Crippen LogP contribution is -2.33. The number of nitrogens with two attached hydrogens (primary N) is 1. The molecule has 0 saturated heterocycles. The van der Waals surface area contributed by atoms with Gasteiger partial charge < -0.3 is 15.4 Å². The first-order chi connectivity index (χ1) is 9.75. The van der Waals surface area contributed by atoms with E-state index in [1.807, 2.05) is 24.3 Å². The molecule has 3 rings (SSSR count). The van der Waals surface area contributed by atoms with Gasteiger partial charge >= 0.3 is 0 Å². The molecule has 1 unspecified atom stereocenters. The third-order valence-electron chi connectivity index (χ3n) is 3.86. The average Bonchev–Trinajstić information content (AvgIpc) is 2.77. The standard InChI is InChI=1S/C17H20N2O/c1-13-12-14-6-2-4-8-16(14)19(13)10-11-20-17-9-5-3-7-15(17)18/h2-9,13H,10-12,18H2,1H3. The number of nitrogen functional groups attached to an aromatic ring is 1. The SMILES string of the molecule is CC1Cc2ccccc2N1CCOc1ccccc1N. The Kier molecular flexibility index (Phi) is 3.50. The zero-order valence-corrected chi connectivity index (χ0v) is 11.8. The Morgan fingerprint density at radius 2 is 1.90 bits per heavy atom. The number of hydrogen-bond donors (Lipinski definition) is 1. The van der Waals surface area contributed by atoms with E-state index in [0.29, 0.717) is 18.3 Å². The second-order valence-electron chi connectivity index (χ2n) is 5.26. The van der Waals surface area contributed by atoms with Crippen molar-refractivity contribution < 1.29 is 4.74 Å². The molecular weight excluding hydrogens is 248 g/mol. The van der Waals surface area contributed by atoms with Crippen molar-refractivity contribution in [3.05, 3.63) is 54.1 Å². The van der Waals surface area contributed by atoms with Gasteiger partial charge in [0.1, 0.15) is 12.4 Å². The van der Waals surface area contributed by atoms with Crippen LogP contribution in [0.4, 0.5) is 11.4 Å². The molecule has 0 amide bonds. The maximum absolute atomic E-state index is 5.88. The van der Waals surface area contributed by atoms with Gasteiger partial charge in [0.15, 0.2) is 0 Å². The van der Waals surface area contributed by atoms with Gasteiger partial charge in [-0.05, 0) is 37.1 Å². The van der Waals surface area contributed by atoms with Crippen LogP contribution in [0, 0.1) is 0 Å². The lowest BCUT2D eigenvalue weighted by atomic mass is 10.1. The summed E-state index contributed by atoms with van der Waals surface area (Å²) in [4.78, 5) is 2.41. The van der Waals surface area contributed by atoms with Crippen LogP contribution in [-0.4, -0.2) is 19.2 Å². The maximum atomic E-state index is 5.88. The van der Waals surface area contributed by atoms with Gasteiger partial charge in [-0.2, -0.15) is 0 Å². The molecule has 0 spiro atoms. The summed E-state index contributed by atoms with van der Waals surface area (Å²) in [6.07, 6.45) is 1.11. The van der Waals surface area contributed by atoms with E-state index in [1.165, 1.54) is 11.3 Å². The van der Waals surface area contributed by atoms with Crippen molar-refractivity contribution in [3.63, 3.8) is 0 Å². The van der Waals surface area contributed by atoms with Gasteiger partial charge in [0, 0.05) is 11.7 Å². The molecule has 0 fully saturated rings. The van der Waals surface area contributed by atoms with Gasteiger partial charge in [-0.1, -0.05) is 30.3 Å². The third kappa shape index (κ3) is 2.44. The first-order valence-corrected chi connectivity index (χ1v) is 7.07. The summed E-state index contributed by atoms with van der Waals surface area (Å²) in [5, 5.41) is 0. The zero-order valence-electron chi connectivity index (χ0n) is 11.8. The van der Waals surface area contributed by atoms with E-state index in [0.717, 1.165) is 18.7 Å². The van der Waals surface area contributed by atoms with E-state index < -0.39 is 0 Å². The first kappa shape index (κ1) is 12.9. The van der Waals surface area contributed by atoms with E-state index in [-0.39, 0.29) is 0 Å². The Morgan fingerprint density at radius 3 is 2.75 bits per heavy atom. The molecule has 104 valence electrons. The minimum Gasteiger partial charge on any atom is -0.490 e. The van der Waals surface area contributed by atoms with E-state index >= 15 is 0 Å². The summed E-state index contributed by atoms with van der Waals surface area (Å²) in [5.41, 5.74) is 9.34. The van der Waals surface area contributed by atoms with Crippen LogP contribution < -0.4 is 15.4 Å². The summed E-state index contributed by atoms with van der Waals surface area (Å²) in [7, 11) is 0. The highest BCUT2D eigenvalue weighted by molar-refractivity contribution is 5.59. The number of nitrogens with zero attached hydrogens (tertiary/aromatic N) is 1. The van der Waals surface area contributed by atoms with E-state index in [1.54, 1.807) is 0 Å². The van der Waals surface area contributed by atoms with Crippen molar-refractivity contribution in [1.29, 1.82) is 0 Å². The predicted octanol–water partition coefficient (Wildman–Crippen LogP) is 3.10. The van der Waals surface area contributed by atoms with E-state index in [2.05, 4.69) is 36.1 Å². The Morgan fingerprint density at radius 1 is 1.15 bits per heavy atom. The van der Waals surface area contributed by atoms with Crippen molar-refractivity contribution in [2.45, 2.75) is 19.4 Å². The van der Waals surface area contributed by atoms with Gasteiger partial charge in [0.25, 0.3) is 0 Å². The van der Waals surface area contributed by atoms with Crippen molar-refractivity contribution >= 4 is 11.4 Å². The molecule has 2 aromatic carbocycles. The van der Waals surface area contributed by atoms with Crippen LogP contribution in [0.25, 0.3) is 0 Å². The van der Waals surface area contributed by atoms with Crippen LogP contribution in [-0.2, 0) is 6.42 Å². The van der Waals surface area contributed by atoms with Crippen LogP contribution in [0.3, 0.4) is 0 Å². The molecule has 3 heteroatoms. The predicted molar refractivity (Wildman–Crippen MR) is 83.3 cm³/mol. The topological polar surface area (TPSA) is 38.5 Å². The van der Waals surface area contributed by atoms with Gasteiger partial charge in [-0.15, -0.1) is 0 Å². The third-order valence-corrected chi connectivity index (χ3v) is 3.86. The average molecular weight is 268 g/mol. The van der Waals surface area contributed by atoms with Crippen molar-refractivity contribution in [2.75, 3.05) is 23.8 Å². The lowest BCUT2D eigenvalue weighted by Gasteiger charge is -2.25. The highest BCUT2D eigenvalue weighted by Crippen LogP contribution is 2.31. The highest BCUT2D eigenvalue weighted by Gasteiger charge is 2.24. The molecule has 2 N–H and O–H groups in total. The Labute approximate surface area is 120 Å². The Balaban J connectivity index is 1.63. The van der Waals surface area contributed by atoms with Gasteiger partial charge in [-0.25, -0.2) is 0 Å². The number of anilines is 2. The number of rotatable bonds is 4. The summed E-state index contributed by atoms with van der Waals surface area (Å²) in [6.45, 7) is 3.79. The van der Waals surface area contributed by atoms with Gasteiger partial charge in [0.2, 0.25) is 0 Å². The summed E-state index contributed by atoms with van der Waals surface area (Å²) < 4.78 is 5.80. The van der Waals surface area contributed by atoms with Crippen LogP contribution in [0.1, 0.15) is 12.5 Å². The van der Waals surface area contributed by atoms with Crippen molar-refractivity contribution in [2.24, 2.45) is 0 Å². The molecule has 1 aliphatic heterocycles. The summed E-state index contributed by atoms with van der Waals surface area (Å²) in [5.74, 6) is 0.771. The smallest absolute Gasteiger partial charge is 0.142 e. The molecule has 20 heavy (non-hydrogen) atoms. The molecule has 1 aliphatic rings. The quantitative estimate of drug-likeness (QED) is 0.866. The zero-order chi connectivity index (χ0) is 13.9. The summed E-state index contributed by atoms with van der Waals surface area (Å²) in [6, 6.07) is 16.8. The van der Waals surface area contributed by atoms with Crippen molar-refractivity contribution in [1.82, 2.24) is 0 Å². The molecule has 2 aromatic rings. The molecule has 1 heterocycles. The second kappa shape index (κ2) is 5.45. The first-order valence-electron chi connectivity index (χ1n) is 7.07. The molecule has 1 atom stereocenters. The van der Waals surface area contributed by atoms with Crippen molar-refractivity contribution in [3.8, 4) is 5.75 Å². The number of ether oxygens (including phenoxy) is 1. The fourth-order valence-corrected chi connectivity index (χ4v) is 2.84. The maximum Gasteiger partial charge on any atom is 0.142 e. The van der Waals surface area contributed by atoms with Crippen LogP contribution in [0.2, 0.25) is 0 Å². The van der Waals surface area contributed by atoms with Crippen LogP contribution in [0.15, 0.2) is 48.5 Å². The number of fused-ring (bicyclic) bond motifs is 1. The Hall–Kier alpha value is -2.16. The number of hydrogen-bond acceptors (Lipinski definition) is 3. The van der Waals surface area contributed by atoms with E-state index in [9.17, 15) is 0 Å². The Bertz CT molecular complexity index is 597. The largest absolute Gasteiger partial charge is 0.490 e. The second-order valence-corrected chi connectivity index (χ2v) is 5.26. The monoisotopic (exact) mass is 268 g/mol. The fourth-order valence-electron chi connectivity index (χ4n) is 2.84. The normalized spacial score (nSPS) is 17.1. The van der Waals surface area contributed by atoms with E-state index in [4.69, 9.17) is 10.5 Å². The minimum absolute atomic E-state index is 0.532. The van der Waals surface area contributed by atoms with Crippen LogP contribution >= 0.6 is 0 Å². The molecule has 0 saturated carbocycles. The minimum atomic E-state index is 0.532. The molecule has 0 bridgehead atoms. The number of para-hydroxylation sites is 3. The van der Waals surface area contributed by atoms with Gasteiger partial charge in [-0.3, -0.25) is 0 Å². The molecule has 3 nitrogen and oxygen atoms in total. The van der Waals surface area contributed by atoms with Gasteiger partial charge in [0.05, 0.1) is 12.2 Å². The fraction of sp³-hybridized carbons (Fsp3) is 0.294. The lowest BCUT2D eigenvalue weighted by molar-refractivity contribution is 0.323. The highest BCUT2D eigenvalue weighted by atomic mass is 16.5. The molecule has 0 aliphatic carbocycles. The molecular formula is C17H20N2O.